The predicted molar refractivity (Wildman–Crippen MR) is 265 cm³/mol. The minimum absolute atomic E-state index is 0.0447. The van der Waals surface area contributed by atoms with Crippen LogP contribution in [0.3, 0.4) is 0 Å². The van der Waals surface area contributed by atoms with Crippen LogP contribution in [0.25, 0.3) is 0 Å². The first-order valence-corrected chi connectivity index (χ1v) is 21.8. The van der Waals surface area contributed by atoms with Crippen LogP contribution in [0, 0.1) is 13.8 Å². The van der Waals surface area contributed by atoms with E-state index in [1.165, 1.54) is 28.1 Å². The molecule has 8 aromatic rings. The molecule has 62 heavy (non-hydrogen) atoms. The average Bonchev–Trinajstić information content (AvgIpc) is 3.29. The Bertz CT molecular complexity index is 2610. The van der Waals surface area contributed by atoms with Crippen LogP contribution in [-0.4, -0.2) is 5.54 Å². The molecule has 0 spiro atoms. The van der Waals surface area contributed by atoms with Gasteiger partial charge in [-0.15, -0.1) is 0 Å². The van der Waals surface area contributed by atoms with E-state index in [1.807, 2.05) is 0 Å². The molecule has 0 saturated carbocycles. The fourth-order valence-corrected chi connectivity index (χ4v) is 9.21. The van der Waals surface area contributed by atoms with Gasteiger partial charge in [0.1, 0.15) is 0 Å². The Morgan fingerprint density at radius 3 is 1.02 bits per heavy atom. The van der Waals surface area contributed by atoms with Gasteiger partial charge in [0.15, 0.2) is 0 Å². The first kappa shape index (κ1) is 40.1. The Balaban J connectivity index is 1.13. The van der Waals surface area contributed by atoms with E-state index in [-0.39, 0.29) is 5.54 Å². The minimum atomic E-state index is -0.0447. The van der Waals surface area contributed by atoms with Crippen LogP contribution in [0.4, 0.5) is 62.6 Å². The molecule has 0 bridgehead atoms. The highest BCUT2D eigenvalue weighted by atomic mass is 15.2. The van der Waals surface area contributed by atoms with E-state index in [4.69, 9.17) is 0 Å². The van der Waals surface area contributed by atoms with Crippen molar-refractivity contribution in [2.75, 3.05) is 19.6 Å². The molecule has 0 aromatic heterocycles. The average molecular weight is 807 g/mol. The van der Waals surface area contributed by atoms with Crippen molar-refractivity contribution in [3.63, 3.8) is 0 Å². The zero-order valence-corrected chi connectivity index (χ0v) is 36.2. The van der Waals surface area contributed by atoms with Crippen LogP contribution in [0.15, 0.2) is 224 Å². The van der Waals surface area contributed by atoms with Gasteiger partial charge in [0.25, 0.3) is 0 Å². The Morgan fingerprint density at radius 2 is 0.645 bits per heavy atom. The molecule has 4 nitrogen and oxygen atoms in total. The predicted octanol–water partition coefficient (Wildman–Crippen LogP) is 16.7. The van der Waals surface area contributed by atoms with Gasteiger partial charge >= 0.3 is 0 Å². The second-order valence-electron chi connectivity index (χ2n) is 16.8. The minimum Gasteiger partial charge on any atom is -0.335 e. The van der Waals surface area contributed by atoms with Crippen molar-refractivity contribution >= 4 is 62.6 Å². The second kappa shape index (κ2) is 17.7. The van der Waals surface area contributed by atoms with Crippen molar-refractivity contribution in [1.29, 1.82) is 0 Å². The largest absolute Gasteiger partial charge is 0.335 e. The zero-order valence-electron chi connectivity index (χ0n) is 36.2. The topological polar surface area (TPSA) is 13.0 Å². The van der Waals surface area contributed by atoms with E-state index in [0.29, 0.717) is 0 Å². The van der Waals surface area contributed by atoms with Crippen LogP contribution in [0.1, 0.15) is 44.2 Å². The quantitative estimate of drug-likeness (QED) is 0.114. The lowest BCUT2D eigenvalue weighted by atomic mass is 9.81. The summed E-state index contributed by atoms with van der Waals surface area (Å²) < 4.78 is 0. The molecular formula is C58H54N4. The molecule has 0 saturated heterocycles. The van der Waals surface area contributed by atoms with Gasteiger partial charge in [-0.3, -0.25) is 0 Å². The number of rotatable bonds is 12. The highest BCUT2D eigenvalue weighted by Crippen LogP contribution is 2.45. The second-order valence-corrected chi connectivity index (χ2v) is 16.8. The fourth-order valence-electron chi connectivity index (χ4n) is 9.21. The van der Waals surface area contributed by atoms with E-state index in [0.717, 1.165) is 70.4 Å². The van der Waals surface area contributed by atoms with Crippen LogP contribution < -0.4 is 19.6 Å². The van der Waals surface area contributed by atoms with E-state index in [9.17, 15) is 0 Å². The molecule has 0 heterocycles. The maximum absolute atomic E-state index is 2.56. The van der Waals surface area contributed by atoms with Gasteiger partial charge in [-0.2, -0.15) is 0 Å². The van der Waals surface area contributed by atoms with E-state index in [1.54, 1.807) is 0 Å². The summed E-state index contributed by atoms with van der Waals surface area (Å²) in [5.41, 5.74) is 16.2. The summed E-state index contributed by atoms with van der Waals surface area (Å²) in [5, 5.41) is 0. The van der Waals surface area contributed by atoms with Crippen molar-refractivity contribution < 1.29 is 0 Å². The summed E-state index contributed by atoms with van der Waals surface area (Å²) >= 11 is 0. The van der Waals surface area contributed by atoms with Crippen LogP contribution in [-0.2, 0) is 0 Å². The molecule has 0 aliphatic heterocycles. The third kappa shape index (κ3) is 8.50. The van der Waals surface area contributed by atoms with Gasteiger partial charge in [-0.05, 0) is 192 Å². The van der Waals surface area contributed by atoms with Crippen LogP contribution >= 0.6 is 0 Å². The van der Waals surface area contributed by atoms with Gasteiger partial charge in [0.05, 0.1) is 0 Å². The lowest BCUT2D eigenvalue weighted by Gasteiger charge is -2.45. The van der Waals surface area contributed by atoms with E-state index < -0.39 is 0 Å². The smallest absolute Gasteiger partial charge is 0.0464 e. The Kier molecular flexibility index (Phi) is 11.5. The molecular weight excluding hydrogens is 753 g/mol. The van der Waals surface area contributed by atoms with Gasteiger partial charge in [0.2, 0.25) is 0 Å². The lowest BCUT2D eigenvalue weighted by molar-refractivity contribution is 0.406. The number of hydrogen-bond acceptors (Lipinski definition) is 4. The summed E-state index contributed by atoms with van der Waals surface area (Å²) in [6.45, 7) is 9.00. The Morgan fingerprint density at radius 1 is 0.339 bits per heavy atom. The summed E-state index contributed by atoms with van der Waals surface area (Å²) in [5.74, 6) is 0. The highest BCUT2D eigenvalue weighted by molar-refractivity contribution is 5.84. The first-order chi connectivity index (χ1) is 30.3. The standard InChI is InChI=1S/C58H54N4/c1-44-17-14-26-56(41-44)60(47-20-8-5-9-21-47)52-32-28-49(29-33-52)59(50-30-34-53(35-31-50)61(48-22-10-6-11-23-48)57-27-15-18-45(2)42-57)51-36-38-55(39-37-51)62(54-24-12-7-13-25-54)58(4)40-16-19-46(3)43-58/h5-15,17-39,41-42H,16,40,43H2,1-4H3. The zero-order chi connectivity index (χ0) is 42.5. The molecule has 0 fully saturated rings. The van der Waals surface area contributed by atoms with Crippen LogP contribution in [0.2, 0.25) is 0 Å². The summed E-state index contributed by atoms with van der Waals surface area (Å²) in [6, 6.07) is 76.7. The van der Waals surface area contributed by atoms with Gasteiger partial charge < -0.3 is 19.6 Å². The third-order valence-electron chi connectivity index (χ3n) is 12.0. The SMILES string of the molecule is CC1=CCCC(C)(N(c2ccccc2)c2ccc(N(c3ccc(N(c4ccccc4)c4cccc(C)c4)cc3)c3ccc(N(c4ccccc4)c4cccc(C)c4)cc3)cc2)C1. The normalized spacial score (nSPS) is 14.7. The number of nitrogens with zero attached hydrogens (tertiary/aromatic N) is 4. The molecule has 306 valence electrons. The molecule has 0 N–H and O–H groups in total. The third-order valence-corrected chi connectivity index (χ3v) is 12.0. The highest BCUT2D eigenvalue weighted by Gasteiger charge is 2.35. The Hall–Kier alpha value is -7.30. The van der Waals surface area contributed by atoms with Crippen molar-refractivity contribution in [3.05, 3.63) is 235 Å². The maximum atomic E-state index is 2.56. The van der Waals surface area contributed by atoms with Crippen LogP contribution in [0.5, 0.6) is 0 Å². The molecule has 1 atom stereocenters. The molecule has 8 aromatic carbocycles. The van der Waals surface area contributed by atoms with Crippen molar-refractivity contribution in [2.45, 2.75) is 52.5 Å². The molecule has 0 amide bonds. The lowest BCUT2D eigenvalue weighted by Crippen LogP contribution is -2.44. The van der Waals surface area contributed by atoms with Crippen molar-refractivity contribution in [2.24, 2.45) is 0 Å². The van der Waals surface area contributed by atoms with Gasteiger partial charge in [0, 0.05) is 68.1 Å². The number of para-hydroxylation sites is 3. The number of allylic oxidation sites excluding steroid dienone is 1. The molecule has 1 aliphatic carbocycles. The van der Waals surface area contributed by atoms with Crippen molar-refractivity contribution in [3.8, 4) is 0 Å². The van der Waals surface area contributed by atoms with E-state index >= 15 is 0 Å². The maximum Gasteiger partial charge on any atom is 0.0464 e. The molecule has 1 aliphatic rings. The van der Waals surface area contributed by atoms with Gasteiger partial charge in [-0.1, -0.05) is 90.5 Å². The molecule has 9 rings (SSSR count). The Labute approximate surface area is 368 Å². The number of anilines is 11. The summed E-state index contributed by atoms with van der Waals surface area (Å²) in [4.78, 5) is 9.59. The van der Waals surface area contributed by atoms with E-state index in [2.05, 4.69) is 266 Å². The number of hydrogen-bond donors (Lipinski definition) is 0. The van der Waals surface area contributed by atoms with Crippen molar-refractivity contribution in [1.82, 2.24) is 0 Å². The monoisotopic (exact) mass is 806 g/mol. The fraction of sp³-hybridized carbons (Fsp3) is 0.138. The summed E-state index contributed by atoms with van der Waals surface area (Å²) in [7, 11) is 0. The molecule has 1 unspecified atom stereocenters. The molecule has 0 radical (unpaired) electrons. The molecule has 4 heteroatoms. The first-order valence-electron chi connectivity index (χ1n) is 21.8. The summed E-state index contributed by atoms with van der Waals surface area (Å²) in [6.07, 6.45) is 5.61. The number of aryl methyl sites for hydroxylation is 2. The number of benzene rings is 8. The van der Waals surface area contributed by atoms with Gasteiger partial charge in [-0.25, -0.2) is 0 Å².